The molecule has 0 atom stereocenters. The first-order valence-corrected chi connectivity index (χ1v) is 11.2. The van der Waals surface area contributed by atoms with Crippen LogP contribution in [-0.2, 0) is 6.18 Å². The first kappa shape index (κ1) is 22.3. The lowest BCUT2D eigenvalue weighted by Crippen LogP contribution is -2.32. The minimum Gasteiger partial charge on any atom is -0.349 e. The van der Waals surface area contributed by atoms with Crippen LogP contribution in [0.5, 0.6) is 0 Å². The third-order valence-corrected chi connectivity index (χ3v) is 6.28. The van der Waals surface area contributed by atoms with Gasteiger partial charge in [-0.1, -0.05) is 42.6 Å². The number of hydrogen-bond acceptors (Lipinski definition) is 4. The molecule has 0 aliphatic heterocycles. The van der Waals surface area contributed by atoms with Crippen molar-refractivity contribution in [2.45, 2.75) is 37.9 Å². The first-order chi connectivity index (χ1) is 16.3. The van der Waals surface area contributed by atoms with Crippen LogP contribution in [0.2, 0.25) is 5.02 Å². The number of nitrogens with zero attached hydrogens (tertiary/aromatic N) is 4. The molecule has 4 aromatic rings. The molecule has 0 radical (unpaired) electrons. The molecule has 6 nitrogen and oxygen atoms in total. The molecule has 1 aliphatic carbocycles. The van der Waals surface area contributed by atoms with Crippen molar-refractivity contribution in [3.05, 3.63) is 71.3 Å². The van der Waals surface area contributed by atoms with E-state index in [1.807, 2.05) is 0 Å². The molecule has 5 rings (SSSR count). The average Bonchev–Trinajstić information content (AvgIpc) is 3.48. The summed E-state index contributed by atoms with van der Waals surface area (Å²) >= 11 is 6.42. The summed E-state index contributed by atoms with van der Waals surface area (Å²) in [5.74, 6) is -0.281. The molecule has 1 aliphatic rings. The topological polar surface area (TPSA) is 72.2 Å². The number of carbonyl (C=O) groups is 1. The summed E-state index contributed by atoms with van der Waals surface area (Å²) in [5, 5.41) is 7.84. The smallest absolute Gasteiger partial charge is 0.349 e. The summed E-state index contributed by atoms with van der Waals surface area (Å²) in [6, 6.07) is 9.41. The average molecular weight is 486 g/mol. The van der Waals surface area contributed by atoms with E-state index >= 15 is 0 Å². The Labute approximate surface area is 197 Å². The molecular weight excluding hydrogens is 467 g/mol. The molecule has 3 heterocycles. The molecule has 0 spiro atoms. The number of carbonyl (C=O) groups excluding carboxylic acids is 1. The van der Waals surface area contributed by atoms with Gasteiger partial charge >= 0.3 is 6.18 Å². The Bertz CT molecular complexity index is 1360. The number of aromatic nitrogens is 4. The quantitative estimate of drug-likeness (QED) is 0.396. The van der Waals surface area contributed by atoms with E-state index < -0.39 is 11.9 Å². The minimum atomic E-state index is -4.56. The summed E-state index contributed by atoms with van der Waals surface area (Å²) in [5.41, 5.74) is 1.56. The van der Waals surface area contributed by atoms with Crippen LogP contribution in [0.25, 0.3) is 28.0 Å². The van der Waals surface area contributed by atoms with Gasteiger partial charge in [-0.05, 0) is 31.0 Å². The Morgan fingerprint density at radius 1 is 1.00 bits per heavy atom. The summed E-state index contributed by atoms with van der Waals surface area (Å²) in [6.07, 6.45) is 3.55. The maximum atomic E-state index is 13.1. The van der Waals surface area contributed by atoms with Crippen LogP contribution in [0.4, 0.5) is 13.2 Å². The molecule has 0 bridgehead atoms. The van der Waals surface area contributed by atoms with E-state index in [1.54, 1.807) is 30.5 Å². The number of halogens is 4. The zero-order valence-corrected chi connectivity index (χ0v) is 18.6. The minimum absolute atomic E-state index is 0.114. The van der Waals surface area contributed by atoms with Gasteiger partial charge in [0.15, 0.2) is 5.65 Å². The Balaban J connectivity index is 1.66. The summed E-state index contributed by atoms with van der Waals surface area (Å²) in [4.78, 5) is 21.0. The molecular formula is C24H19ClF3N5O. The highest BCUT2D eigenvalue weighted by Crippen LogP contribution is 2.37. The van der Waals surface area contributed by atoms with E-state index in [9.17, 15) is 18.0 Å². The zero-order valence-electron chi connectivity index (χ0n) is 17.8. The second-order valence-corrected chi connectivity index (χ2v) is 8.59. The molecule has 3 aromatic heterocycles. The van der Waals surface area contributed by atoms with Crippen molar-refractivity contribution in [3.63, 3.8) is 0 Å². The van der Waals surface area contributed by atoms with Crippen LogP contribution in [0.1, 0.15) is 41.7 Å². The van der Waals surface area contributed by atoms with E-state index in [0.29, 0.717) is 38.6 Å². The highest BCUT2D eigenvalue weighted by atomic mass is 35.5. The van der Waals surface area contributed by atoms with Crippen LogP contribution in [0.3, 0.4) is 0 Å². The molecule has 174 valence electrons. The van der Waals surface area contributed by atoms with Crippen LogP contribution in [0.15, 0.2) is 55.0 Å². The molecule has 1 fully saturated rings. The van der Waals surface area contributed by atoms with Crippen LogP contribution >= 0.6 is 11.6 Å². The zero-order chi connectivity index (χ0) is 23.9. The molecule has 1 amide bonds. The van der Waals surface area contributed by atoms with Crippen molar-refractivity contribution in [2.75, 3.05) is 0 Å². The number of nitrogens with one attached hydrogen (secondary N) is 1. The highest BCUT2D eigenvalue weighted by Gasteiger charge is 2.32. The maximum absolute atomic E-state index is 13.1. The van der Waals surface area contributed by atoms with Gasteiger partial charge in [-0.2, -0.15) is 18.3 Å². The van der Waals surface area contributed by atoms with Gasteiger partial charge in [0.05, 0.1) is 11.9 Å². The lowest BCUT2D eigenvalue weighted by atomic mass is 10.0. The number of hydrogen-bond donors (Lipinski definition) is 1. The monoisotopic (exact) mass is 485 g/mol. The number of alkyl halides is 3. The Kier molecular flexibility index (Phi) is 5.73. The van der Waals surface area contributed by atoms with Gasteiger partial charge in [0.2, 0.25) is 0 Å². The third kappa shape index (κ3) is 4.11. The van der Waals surface area contributed by atoms with Gasteiger partial charge in [-0.25, -0.2) is 9.50 Å². The fourth-order valence-corrected chi connectivity index (χ4v) is 4.52. The van der Waals surface area contributed by atoms with Crippen molar-refractivity contribution in [3.8, 4) is 22.4 Å². The normalized spacial score (nSPS) is 14.6. The summed E-state index contributed by atoms with van der Waals surface area (Å²) in [7, 11) is 0. The van der Waals surface area contributed by atoms with Crippen molar-refractivity contribution in [1.82, 2.24) is 24.9 Å². The number of fused-ring (bicyclic) bond motifs is 1. The van der Waals surface area contributed by atoms with E-state index in [4.69, 9.17) is 11.6 Å². The van der Waals surface area contributed by atoms with Crippen LogP contribution < -0.4 is 5.32 Å². The van der Waals surface area contributed by atoms with E-state index in [-0.39, 0.29) is 11.9 Å². The second-order valence-electron chi connectivity index (χ2n) is 8.18. The van der Waals surface area contributed by atoms with Gasteiger partial charge in [0.25, 0.3) is 5.91 Å². The Morgan fingerprint density at radius 3 is 2.44 bits per heavy atom. The maximum Gasteiger partial charge on any atom is 0.433 e. The van der Waals surface area contributed by atoms with Crippen LogP contribution in [0, 0.1) is 0 Å². The molecule has 0 unspecified atom stereocenters. The van der Waals surface area contributed by atoms with E-state index in [1.165, 1.54) is 16.8 Å². The highest BCUT2D eigenvalue weighted by molar-refractivity contribution is 6.33. The summed E-state index contributed by atoms with van der Waals surface area (Å²) in [6.45, 7) is 0. The lowest BCUT2D eigenvalue weighted by Gasteiger charge is -2.14. The molecule has 10 heteroatoms. The van der Waals surface area contributed by atoms with Gasteiger partial charge in [-0.3, -0.25) is 9.78 Å². The second kappa shape index (κ2) is 8.72. The third-order valence-electron chi connectivity index (χ3n) is 5.95. The molecule has 1 N–H and O–H groups in total. The standard InChI is InChI=1S/C24H19ClF3N5O/c25-19-8-4-3-7-16(19)17-12-30-22-18(23(34)32-15-5-1-2-6-15)13-31-33(22)21(17)14-9-10-20(29-11-14)24(26,27)28/h3-4,7-13,15H,1-2,5-6H2,(H,32,34). The van der Waals surface area contributed by atoms with Crippen molar-refractivity contribution in [2.24, 2.45) is 0 Å². The van der Waals surface area contributed by atoms with Gasteiger partial charge < -0.3 is 5.32 Å². The Hall–Kier alpha value is -3.46. The molecule has 0 saturated heterocycles. The fourth-order valence-electron chi connectivity index (χ4n) is 4.28. The Morgan fingerprint density at radius 2 is 1.76 bits per heavy atom. The molecule has 34 heavy (non-hydrogen) atoms. The van der Waals surface area contributed by atoms with Gasteiger partial charge in [-0.15, -0.1) is 0 Å². The first-order valence-electron chi connectivity index (χ1n) is 10.8. The van der Waals surface area contributed by atoms with Crippen molar-refractivity contribution >= 4 is 23.2 Å². The van der Waals surface area contributed by atoms with E-state index in [0.717, 1.165) is 37.9 Å². The van der Waals surface area contributed by atoms with Crippen LogP contribution in [-0.4, -0.2) is 31.5 Å². The molecule has 1 saturated carbocycles. The van der Waals surface area contributed by atoms with Crippen molar-refractivity contribution < 1.29 is 18.0 Å². The number of rotatable bonds is 4. The SMILES string of the molecule is O=C(NC1CCCC1)c1cnn2c(-c3ccc(C(F)(F)F)nc3)c(-c3ccccc3Cl)cnc12. The van der Waals surface area contributed by atoms with Gasteiger partial charge in [0.1, 0.15) is 11.3 Å². The molecule has 1 aromatic carbocycles. The lowest BCUT2D eigenvalue weighted by molar-refractivity contribution is -0.141. The van der Waals surface area contributed by atoms with E-state index in [2.05, 4.69) is 20.4 Å². The number of benzene rings is 1. The predicted molar refractivity (Wildman–Crippen MR) is 121 cm³/mol. The predicted octanol–water partition coefficient (Wildman–Crippen LogP) is 5.80. The van der Waals surface area contributed by atoms with Gasteiger partial charge in [0, 0.05) is 40.1 Å². The summed E-state index contributed by atoms with van der Waals surface area (Å²) < 4.78 is 40.7. The fraction of sp³-hybridized carbons (Fsp3) is 0.250. The van der Waals surface area contributed by atoms with Crippen molar-refractivity contribution in [1.29, 1.82) is 0 Å². The number of amides is 1. The largest absolute Gasteiger partial charge is 0.433 e. The number of pyridine rings is 1.